The number of urea groups is 1. The molecule has 2 heterocycles. The molecule has 22 heavy (non-hydrogen) atoms. The fourth-order valence-corrected chi connectivity index (χ4v) is 2.84. The van der Waals surface area contributed by atoms with Crippen molar-refractivity contribution in [3.05, 3.63) is 18.3 Å². The van der Waals surface area contributed by atoms with Gasteiger partial charge in [-0.3, -0.25) is 10.00 Å². The van der Waals surface area contributed by atoms with Crippen molar-refractivity contribution in [1.82, 2.24) is 35.1 Å². The summed E-state index contributed by atoms with van der Waals surface area (Å²) in [6.07, 6.45) is 8.14. The zero-order valence-electron chi connectivity index (χ0n) is 12.7. The van der Waals surface area contributed by atoms with Gasteiger partial charge in [0.25, 0.3) is 0 Å². The molecule has 0 radical (unpaired) electrons. The van der Waals surface area contributed by atoms with E-state index in [1.807, 2.05) is 6.92 Å². The normalized spacial score (nSPS) is 16.6. The smallest absolute Gasteiger partial charge is 0.321 e. The van der Waals surface area contributed by atoms with Crippen molar-refractivity contribution < 1.29 is 4.79 Å². The van der Waals surface area contributed by atoms with Crippen LogP contribution in [0, 0.1) is 0 Å². The maximum Gasteiger partial charge on any atom is 0.321 e. The molecule has 1 unspecified atom stereocenters. The lowest BCUT2D eigenvalue weighted by atomic mass is 10.2. The molecule has 9 heteroatoms. The van der Waals surface area contributed by atoms with E-state index in [1.165, 1.54) is 17.5 Å². The first-order valence-electron chi connectivity index (χ1n) is 7.46. The molecule has 0 spiro atoms. The number of carbonyl (C=O) groups is 1. The van der Waals surface area contributed by atoms with Crippen LogP contribution < -0.4 is 10.6 Å². The quantitative estimate of drug-likeness (QED) is 0.889. The zero-order chi connectivity index (χ0) is 15.5. The molecule has 1 atom stereocenters. The van der Waals surface area contributed by atoms with Crippen LogP contribution in [0.15, 0.2) is 12.5 Å². The van der Waals surface area contributed by atoms with Gasteiger partial charge >= 0.3 is 6.03 Å². The minimum absolute atomic E-state index is 0.236. The Balaban J connectivity index is 1.63. The average molecular weight is 304 g/mol. The number of anilines is 1. The fraction of sp³-hybridized carbons (Fsp3) is 0.615. The summed E-state index contributed by atoms with van der Waals surface area (Å²) < 4.78 is 3.61. The first-order chi connectivity index (χ1) is 10.6. The first-order valence-corrected chi connectivity index (χ1v) is 7.46. The maximum absolute atomic E-state index is 12.0. The van der Waals surface area contributed by atoms with E-state index in [1.54, 1.807) is 19.6 Å². The van der Waals surface area contributed by atoms with E-state index in [-0.39, 0.29) is 12.1 Å². The predicted octanol–water partition coefficient (Wildman–Crippen LogP) is 1.40. The lowest BCUT2D eigenvalue weighted by Gasteiger charge is -2.18. The third-order valence-electron chi connectivity index (χ3n) is 3.90. The molecule has 0 aliphatic heterocycles. The summed E-state index contributed by atoms with van der Waals surface area (Å²) in [6.45, 7) is 1.89. The summed E-state index contributed by atoms with van der Waals surface area (Å²) in [4.78, 5) is 12.0. The van der Waals surface area contributed by atoms with Crippen molar-refractivity contribution in [2.45, 2.75) is 44.7 Å². The Labute approximate surface area is 128 Å². The number of carbonyl (C=O) groups excluding carboxylic acids is 1. The van der Waals surface area contributed by atoms with Gasteiger partial charge in [0.15, 0.2) is 11.6 Å². The van der Waals surface area contributed by atoms with Crippen LogP contribution in [-0.4, -0.2) is 35.8 Å². The molecule has 1 aliphatic rings. The Kier molecular flexibility index (Phi) is 4.03. The number of hydrogen-bond acceptors (Lipinski definition) is 5. The van der Waals surface area contributed by atoms with Crippen molar-refractivity contribution in [3.8, 4) is 0 Å². The van der Waals surface area contributed by atoms with Crippen molar-refractivity contribution in [2.24, 2.45) is 7.05 Å². The number of amides is 2. The van der Waals surface area contributed by atoms with Crippen molar-refractivity contribution in [1.29, 1.82) is 0 Å². The molecule has 0 aromatic carbocycles. The second-order valence-corrected chi connectivity index (χ2v) is 5.63. The lowest BCUT2D eigenvalue weighted by molar-refractivity contribution is 0.248. The average Bonchev–Trinajstić information content (AvgIpc) is 3.17. The fourth-order valence-electron chi connectivity index (χ4n) is 2.84. The highest BCUT2D eigenvalue weighted by Gasteiger charge is 2.23. The summed E-state index contributed by atoms with van der Waals surface area (Å²) in [5.74, 6) is 1.19. The summed E-state index contributed by atoms with van der Waals surface area (Å²) in [5.41, 5.74) is 0. The summed E-state index contributed by atoms with van der Waals surface area (Å²) in [6, 6.07) is -0.133. The van der Waals surface area contributed by atoms with Crippen LogP contribution in [0.1, 0.15) is 50.5 Å². The Morgan fingerprint density at radius 2 is 2.14 bits per heavy atom. The van der Waals surface area contributed by atoms with E-state index >= 15 is 0 Å². The second kappa shape index (κ2) is 6.12. The minimum Gasteiger partial charge on any atom is -0.328 e. The molecule has 3 rings (SSSR count). The van der Waals surface area contributed by atoms with Crippen LogP contribution >= 0.6 is 0 Å². The van der Waals surface area contributed by atoms with E-state index in [0.29, 0.717) is 11.9 Å². The van der Waals surface area contributed by atoms with Crippen LogP contribution in [0.2, 0.25) is 0 Å². The number of nitrogens with one attached hydrogen (secondary N) is 2. The zero-order valence-corrected chi connectivity index (χ0v) is 12.7. The maximum atomic E-state index is 12.0. The number of aromatic nitrogens is 6. The van der Waals surface area contributed by atoms with Gasteiger partial charge in [-0.2, -0.15) is 0 Å². The molecular formula is C13H20N8O. The molecular weight excluding hydrogens is 284 g/mol. The van der Waals surface area contributed by atoms with Gasteiger partial charge in [-0.1, -0.05) is 18.1 Å². The molecule has 0 bridgehead atoms. The van der Waals surface area contributed by atoms with Crippen LogP contribution in [0.4, 0.5) is 10.6 Å². The SMILES string of the molecule is CC(NC(=O)Nc1cn(C)nn1)c1nncn1C1CCCC1. The van der Waals surface area contributed by atoms with Crippen LogP contribution in [0.3, 0.4) is 0 Å². The molecule has 1 saturated carbocycles. The molecule has 1 aliphatic carbocycles. The topological polar surface area (TPSA) is 103 Å². The van der Waals surface area contributed by atoms with Crippen molar-refractivity contribution >= 4 is 11.8 Å². The molecule has 118 valence electrons. The molecule has 1 fully saturated rings. The number of nitrogens with zero attached hydrogens (tertiary/aromatic N) is 6. The molecule has 0 saturated heterocycles. The highest BCUT2D eigenvalue weighted by molar-refractivity contribution is 5.88. The van der Waals surface area contributed by atoms with Crippen LogP contribution in [0.25, 0.3) is 0 Å². The third-order valence-corrected chi connectivity index (χ3v) is 3.90. The number of hydrogen-bond donors (Lipinski definition) is 2. The van der Waals surface area contributed by atoms with E-state index in [0.717, 1.165) is 18.7 Å². The lowest BCUT2D eigenvalue weighted by Crippen LogP contribution is -2.33. The van der Waals surface area contributed by atoms with Gasteiger partial charge in [0.2, 0.25) is 0 Å². The van der Waals surface area contributed by atoms with Gasteiger partial charge in [0.1, 0.15) is 6.33 Å². The second-order valence-electron chi connectivity index (χ2n) is 5.63. The summed E-state index contributed by atoms with van der Waals surface area (Å²) in [5, 5.41) is 21.2. The van der Waals surface area contributed by atoms with E-state index in [9.17, 15) is 4.79 Å². The number of rotatable bonds is 4. The van der Waals surface area contributed by atoms with E-state index < -0.39 is 0 Å². The van der Waals surface area contributed by atoms with Gasteiger partial charge in [-0.05, 0) is 19.8 Å². The predicted molar refractivity (Wildman–Crippen MR) is 79.1 cm³/mol. The largest absolute Gasteiger partial charge is 0.328 e. The highest BCUT2D eigenvalue weighted by atomic mass is 16.2. The molecule has 2 aromatic heterocycles. The van der Waals surface area contributed by atoms with Crippen molar-refractivity contribution in [2.75, 3.05) is 5.32 Å². The Bertz CT molecular complexity index is 642. The van der Waals surface area contributed by atoms with Gasteiger partial charge in [0, 0.05) is 13.1 Å². The molecule has 2 aromatic rings. The van der Waals surface area contributed by atoms with Gasteiger partial charge in [-0.15, -0.1) is 15.3 Å². The first kappa shape index (κ1) is 14.5. The monoisotopic (exact) mass is 304 g/mol. The third kappa shape index (κ3) is 3.07. The van der Waals surface area contributed by atoms with E-state index in [4.69, 9.17) is 0 Å². The Morgan fingerprint density at radius 3 is 2.82 bits per heavy atom. The molecule has 2 N–H and O–H groups in total. The van der Waals surface area contributed by atoms with Crippen LogP contribution in [0.5, 0.6) is 0 Å². The van der Waals surface area contributed by atoms with Gasteiger partial charge in [-0.25, -0.2) is 4.79 Å². The van der Waals surface area contributed by atoms with Gasteiger partial charge in [0.05, 0.1) is 12.2 Å². The molecule has 9 nitrogen and oxygen atoms in total. The van der Waals surface area contributed by atoms with Crippen LogP contribution in [-0.2, 0) is 7.05 Å². The summed E-state index contributed by atoms with van der Waals surface area (Å²) in [7, 11) is 1.74. The molecule has 2 amide bonds. The van der Waals surface area contributed by atoms with Crippen molar-refractivity contribution in [3.63, 3.8) is 0 Å². The highest BCUT2D eigenvalue weighted by Crippen LogP contribution is 2.31. The van der Waals surface area contributed by atoms with Gasteiger partial charge < -0.3 is 9.88 Å². The minimum atomic E-state index is -0.339. The van der Waals surface area contributed by atoms with E-state index in [2.05, 4.69) is 35.7 Å². The number of aryl methyl sites for hydroxylation is 1. The standard InChI is InChI=1S/C13H20N8O/c1-9(15-13(22)16-11-7-20(2)19-17-11)12-18-14-8-21(12)10-5-3-4-6-10/h7-10H,3-6H2,1-2H3,(H2,15,16,22). The Morgan fingerprint density at radius 1 is 1.36 bits per heavy atom. The summed E-state index contributed by atoms with van der Waals surface area (Å²) >= 11 is 0. The Hall–Kier alpha value is -2.45.